The van der Waals surface area contributed by atoms with E-state index in [0.717, 1.165) is 30.6 Å². The van der Waals surface area contributed by atoms with Gasteiger partial charge in [-0.1, -0.05) is 18.9 Å². The molecule has 25 heavy (non-hydrogen) atoms. The summed E-state index contributed by atoms with van der Waals surface area (Å²) >= 11 is 1.44. The lowest BCUT2D eigenvalue weighted by atomic mass is 10.2. The van der Waals surface area contributed by atoms with Gasteiger partial charge in [-0.3, -0.25) is 19.8 Å². The van der Waals surface area contributed by atoms with Crippen molar-refractivity contribution >= 4 is 29.2 Å². The van der Waals surface area contributed by atoms with Crippen LogP contribution in [-0.2, 0) is 4.79 Å². The summed E-state index contributed by atoms with van der Waals surface area (Å²) in [5.74, 6) is -0.247. The van der Waals surface area contributed by atoms with Gasteiger partial charge in [0.15, 0.2) is 0 Å². The third kappa shape index (κ3) is 5.02. The van der Waals surface area contributed by atoms with Gasteiger partial charge in [-0.2, -0.15) is 0 Å². The summed E-state index contributed by atoms with van der Waals surface area (Å²) < 4.78 is 0. The van der Waals surface area contributed by atoms with E-state index in [1.165, 1.54) is 11.3 Å². The highest BCUT2D eigenvalue weighted by Gasteiger charge is 2.24. The van der Waals surface area contributed by atoms with Crippen molar-refractivity contribution in [1.82, 2.24) is 20.4 Å². The summed E-state index contributed by atoms with van der Waals surface area (Å²) in [6.45, 7) is 2.64. The van der Waals surface area contributed by atoms with Gasteiger partial charge in [0, 0.05) is 32.2 Å². The minimum absolute atomic E-state index is 0.0510. The Hall–Kier alpha value is -1.93. The Labute approximate surface area is 151 Å². The van der Waals surface area contributed by atoms with Crippen LogP contribution in [-0.4, -0.2) is 66.4 Å². The molecule has 1 aromatic heterocycles. The van der Waals surface area contributed by atoms with Crippen molar-refractivity contribution in [3.8, 4) is 0 Å². The van der Waals surface area contributed by atoms with Crippen LogP contribution >= 0.6 is 11.3 Å². The van der Waals surface area contributed by atoms with Crippen molar-refractivity contribution < 1.29 is 14.4 Å². The molecule has 2 fully saturated rings. The van der Waals surface area contributed by atoms with Gasteiger partial charge in [0.05, 0.1) is 11.4 Å². The first kappa shape index (κ1) is 17.9. The highest BCUT2D eigenvalue weighted by Crippen LogP contribution is 2.17. The third-order valence-corrected chi connectivity index (χ3v) is 5.56. The summed E-state index contributed by atoms with van der Waals surface area (Å²) in [4.78, 5) is 40.6. The number of nitrogens with zero attached hydrogens (tertiary/aromatic N) is 2. The molecule has 2 N–H and O–H groups in total. The maximum atomic E-state index is 12.3. The van der Waals surface area contributed by atoms with Crippen LogP contribution in [0.15, 0.2) is 17.5 Å². The number of piperazine rings is 1. The number of nitrogens with one attached hydrogen (secondary N) is 2. The fraction of sp³-hybridized carbons (Fsp3) is 0.588. The number of urea groups is 1. The molecule has 1 aliphatic heterocycles. The van der Waals surface area contributed by atoms with E-state index in [-0.39, 0.29) is 24.4 Å². The highest BCUT2D eigenvalue weighted by molar-refractivity contribution is 7.12. The molecule has 8 heteroatoms. The zero-order chi connectivity index (χ0) is 17.6. The molecule has 7 nitrogen and oxygen atoms in total. The molecule has 1 aliphatic carbocycles. The normalized spacial score (nSPS) is 19.0. The van der Waals surface area contributed by atoms with Crippen LogP contribution in [0, 0.1) is 0 Å². The summed E-state index contributed by atoms with van der Waals surface area (Å²) in [5, 5.41) is 7.14. The van der Waals surface area contributed by atoms with E-state index in [0.29, 0.717) is 26.2 Å². The standard InChI is InChI=1S/C17H24N4O3S/c22-15(19-17(24)18-13-4-1-2-5-13)12-20-7-9-21(10-8-20)16(23)14-6-3-11-25-14/h3,6,11,13H,1-2,4-5,7-10,12H2,(H2,18,19,22,24). The second-order valence-corrected chi connectivity index (χ2v) is 7.50. The molecule has 1 aromatic rings. The Morgan fingerprint density at radius 2 is 1.84 bits per heavy atom. The zero-order valence-electron chi connectivity index (χ0n) is 14.2. The second kappa shape index (κ2) is 8.44. The summed E-state index contributed by atoms with van der Waals surface area (Å²) in [6.07, 6.45) is 4.24. The number of rotatable bonds is 4. The quantitative estimate of drug-likeness (QED) is 0.843. The van der Waals surface area contributed by atoms with Gasteiger partial charge >= 0.3 is 6.03 Å². The first-order chi connectivity index (χ1) is 12.1. The molecule has 0 bridgehead atoms. The van der Waals surface area contributed by atoms with Crippen LogP contribution in [0.1, 0.15) is 35.4 Å². The first-order valence-electron chi connectivity index (χ1n) is 8.77. The summed E-state index contributed by atoms with van der Waals surface area (Å²) in [6, 6.07) is 3.49. The van der Waals surface area contributed by atoms with Crippen LogP contribution in [0.2, 0.25) is 0 Å². The Morgan fingerprint density at radius 3 is 2.48 bits per heavy atom. The lowest BCUT2D eigenvalue weighted by Gasteiger charge is -2.34. The van der Waals surface area contributed by atoms with Crippen molar-refractivity contribution in [2.45, 2.75) is 31.7 Å². The average Bonchev–Trinajstić information content (AvgIpc) is 3.28. The maximum absolute atomic E-state index is 12.3. The van der Waals surface area contributed by atoms with E-state index in [4.69, 9.17) is 0 Å². The molecule has 0 unspecified atom stereocenters. The van der Waals surface area contributed by atoms with Gasteiger partial charge in [-0.15, -0.1) is 11.3 Å². The van der Waals surface area contributed by atoms with Crippen LogP contribution in [0.5, 0.6) is 0 Å². The van der Waals surface area contributed by atoms with Crippen molar-refractivity contribution in [2.24, 2.45) is 0 Å². The van der Waals surface area contributed by atoms with Crippen LogP contribution in [0.25, 0.3) is 0 Å². The molecule has 136 valence electrons. The Bertz CT molecular complexity index is 605. The molecule has 4 amide bonds. The van der Waals surface area contributed by atoms with Gasteiger partial charge in [0.2, 0.25) is 5.91 Å². The molecule has 0 aromatic carbocycles. The van der Waals surface area contributed by atoms with Crippen molar-refractivity contribution in [1.29, 1.82) is 0 Å². The number of thiophene rings is 1. The Balaban J connectivity index is 1.37. The predicted octanol–water partition coefficient (Wildman–Crippen LogP) is 1.27. The number of hydrogen-bond donors (Lipinski definition) is 2. The molecule has 1 saturated carbocycles. The van der Waals surface area contributed by atoms with Gasteiger partial charge in [-0.05, 0) is 24.3 Å². The van der Waals surface area contributed by atoms with Gasteiger partial charge < -0.3 is 10.2 Å². The smallest absolute Gasteiger partial charge is 0.321 e. The molecule has 0 spiro atoms. The molecule has 0 atom stereocenters. The molecular weight excluding hydrogens is 340 g/mol. The lowest BCUT2D eigenvalue weighted by molar-refractivity contribution is -0.121. The van der Waals surface area contributed by atoms with E-state index >= 15 is 0 Å². The minimum atomic E-state index is -0.400. The van der Waals surface area contributed by atoms with Crippen molar-refractivity contribution in [3.05, 3.63) is 22.4 Å². The molecule has 2 aliphatic rings. The highest BCUT2D eigenvalue weighted by atomic mass is 32.1. The van der Waals surface area contributed by atoms with Gasteiger partial charge in [0.25, 0.3) is 5.91 Å². The van der Waals surface area contributed by atoms with E-state index in [1.54, 1.807) is 0 Å². The Morgan fingerprint density at radius 1 is 1.12 bits per heavy atom. The molecule has 3 rings (SSSR count). The van der Waals surface area contributed by atoms with Crippen LogP contribution < -0.4 is 10.6 Å². The third-order valence-electron chi connectivity index (χ3n) is 4.70. The number of imide groups is 1. The molecule has 1 saturated heterocycles. The van der Waals surface area contributed by atoms with Crippen LogP contribution in [0.4, 0.5) is 4.79 Å². The fourth-order valence-corrected chi connectivity index (χ4v) is 4.02. The largest absolute Gasteiger partial charge is 0.335 e. The van der Waals surface area contributed by atoms with Crippen LogP contribution in [0.3, 0.4) is 0 Å². The topological polar surface area (TPSA) is 81.8 Å². The van der Waals surface area contributed by atoms with Gasteiger partial charge in [0.1, 0.15) is 0 Å². The Kier molecular flexibility index (Phi) is 6.04. The summed E-state index contributed by atoms with van der Waals surface area (Å²) in [5.41, 5.74) is 0. The monoisotopic (exact) mass is 364 g/mol. The SMILES string of the molecule is O=C(CN1CCN(C(=O)c2cccs2)CC1)NC(=O)NC1CCCC1. The van der Waals surface area contributed by atoms with E-state index in [2.05, 4.69) is 10.6 Å². The number of carbonyl (C=O) groups excluding carboxylic acids is 3. The number of carbonyl (C=O) groups is 3. The fourth-order valence-electron chi connectivity index (χ4n) is 3.33. The van der Waals surface area contributed by atoms with Gasteiger partial charge in [-0.25, -0.2) is 4.79 Å². The molecule has 0 radical (unpaired) electrons. The molecule has 2 heterocycles. The van der Waals surface area contributed by atoms with Crippen molar-refractivity contribution in [2.75, 3.05) is 32.7 Å². The maximum Gasteiger partial charge on any atom is 0.321 e. The van der Waals surface area contributed by atoms with E-state index in [9.17, 15) is 14.4 Å². The van der Waals surface area contributed by atoms with E-state index in [1.807, 2.05) is 27.3 Å². The summed E-state index contributed by atoms with van der Waals surface area (Å²) in [7, 11) is 0. The number of hydrogen-bond acceptors (Lipinski definition) is 5. The lowest BCUT2D eigenvalue weighted by Crippen LogP contribution is -2.52. The van der Waals surface area contributed by atoms with E-state index < -0.39 is 6.03 Å². The second-order valence-electron chi connectivity index (χ2n) is 6.55. The zero-order valence-corrected chi connectivity index (χ0v) is 15.0. The predicted molar refractivity (Wildman–Crippen MR) is 95.6 cm³/mol. The minimum Gasteiger partial charge on any atom is -0.335 e. The first-order valence-corrected chi connectivity index (χ1v) is 9.65. The van der Waals surface area contributed by atoms with Crippen molar-refractivity contribution in [3.63, 3.8) is 0 Å². The average molecular weight is 364 g/mol. The number of amides is 4. The molecular formula is C17H24N4O3S.